The Labute approximate surface area is 126 Å². The molecular formula is C14H15N3O3S. The van der Waals surface area contributed by atoms with E-state index in [2.05, 4.69) is 10.3 Å². The minimum absolute atomic E-state index is 0.104. The van der Waals surface area contributed by atoms with E-state index in [4.69, 9.17) is 0 Å². The number of aryl methyl sites for hydroxylation is 2. The van der Waals surface area contributed by atoms with Crippen molar-refractivity contribution in [2.75, 3.05) is 5.32 Å². The van der Waals surface area contributed by atoms with Crippen LogP contribution in [0, 0.1) is 24.0 Å². The number of nitrogens with one attached hydrogen (secondary N) is 1. The number of thiazole rings is 1. The van der Waals surface area contributed by atoms with E-state index in [-0.39, 0.29) is 11.5 Å². The van der Waals surface area contributed by atoms with Crippen molar-refractivity contribution in [3.63, 3.8) is 0 Å². The Bertz CT molecular complexity index is 690. The fourth-order valence-electron chi connectivity index (χ4n) is 1.84. The lowest BCUT2D eigenvalue weighted by Gasteiger charge is -2.06. The van der Waals surface area contributed by atoms with Crippen LogP contribution in [0.25, 0.3) is 0 Å². The van der Waals surface area contributed by atoms with Crippen LogP contribution in [0.4, 0.5) is 11.4 Å². The summed E-state index contributed by atoms with van der Waals surface area (Å²) in [6.07, 6.45) is 0. The summed E-state index contributed by atoms with van der Waals surface area (Å²) in [6, 6.07) is 4.43. The fraction of sp³-hybridized carbons (Fsp3) is 0.286. The van der Waals surface area contributed by atoms with Crippen LogP contribution in [0.15, 0.2) is 18.2 Å². The predicted molar refractivity (Wildman–Crippen MR) is 82.0 cm³/mol. The summed E-state index contributed by atoms with van der Waals surface area (Å²) in [5.74, 6) is -0.198. The molecule has 7 heteroatoms. The molecule has 0 fully saturated rings. The molecule has 0 spiro atoms. The standard InChI is InChI=1S/C14H15N3O3S/c1-8-10(3)21-14(16-8)7-15-12-5-4-11(9(2)18)6-13(12)17(19)20/h4-6,15H,7H2,1-3H3. The number of nitro benzene ring substituents is 1. The molecule has 1 heterocycles. The Morgan fingerprint density at radius 3 is 2.67 bits per heavy atom. The van der Waals surface area contributed by atoms with E-state index in [9.17, 15) is 14.9 Å². The van der Waals surface area contributed by atoms with E-state index < -0.39 is 4.92 Å². The van der Waals surface area contributed by atoms with E-state index in [0.29, 0.717) is 17.8 Å². The van der Waals surface area contributed by atoms with Crippen molar-refractivity contribution in [1.82, 2.24) is 4.98 Å². The number of anilines is 1. The molecule has 6 nitrogen and oxygen atoms in total. The van der Waals surface area contributed by atoms with Gasteiger partial charge >= 0.3 is 0 Å². The second-order valence-corrected chi connectivity index (χ2v) is 5.94. The minimum atomic E-state index is -0.493. The molecule has 1 N–H and O–H groups in total. The van der Waals surface area contributed by atoms with Crippen molar-refractivity contribution in [3.05, 3.63) is 49.5 Å². The summed E-state index contributed by atoms with van der Waals surface area (Å²) in [5, 5.41) is 15.0. The molecule has 1 aromatic heterocycles. The van der Waals surface area contributed by atoms with Crippen LogP contribution in [0.1, 0.15) is 32.9 Å². The normalized spacial score (nSPS) is 10.4. The van der Waals surface area contributed by atoms with E-state index >= 15 is 0 Å². The van der Waals surface area contributed by atoms with Crippen LogP contribution < -0.4 is 5.32 Å². The number of aromatic nitrogens is 1. The molecule has 0 saturated carbocycles. The summed E-state index contributed by atoms with van der Waals surface area (Å²) in [6.45, 7) is 5.72. The van der Waals surface area contributed by atoms with Crippen molar-refractivity contribution < 1.29 is 9.72 Å². The lowest BCUT2D eigenvalue weighted by atomic mass is 10.1. The predicted octanol–water partition coefficient (Wildman–Crippen LogP) is 3.48. The summed E-state index contributed by atoms with van der Waals surface area (Å²) in [4.78, 5) is 27.4. The molecule has 1 aromatic carbocycles. The van der Waals surface area contributed by atoms with Crippen LogP contribution in [0.2, 0.25) is 0 Å². The second-order valence-electron chi connectivity index (χ2n) is 4.65. The molecule has 0 unspecified atom stereocenters. The molecule has 0 saturated heterocycles. The van der Waals surface area contributed by atoms with Crippen LogP contribution in [-0.2, 0) is 6.54 Å². The highest BCUT2D eigenvalue weighted by Crippen LogP contribution is 2.27. The highest BCUT2D eigenvalue weighted by molar-refractivity contribution is 7.11. The second kappa shape index (κ2) is 6.01. The largest absolute Gasteiger partial charge is 0.373 e. The first-order chi connectivity index (χ1) is 9.88. The van der Waals surface area contributed by atoms with Crippen molar-refractivity contribution in [1.29, 1.82) is 0 Å². The van der Waals surface area contributed by atoms with E-state index in [1.165, 1.54) is 13.0 Å². The molecule has 0 atom stereocenters. The molecule has 0 radical (unpaired) electrons. The Morgan fingerprint density at radius 2 is 2.14 bits per heavy atom. The van der Waals surface area contributed by atoms with Crippen molar-refractivity contribution >= 4 is 28.5 Å². The number of benzene rings is 1. The Morgan fingerprint density at radius 1 is 1.43 bits per heavy atom. The highest BCUT2D eigenvalue weighted by atomic mass is 32.1. The Hall–Kier alpha value is -2.28. The van der Waals surface area contributed by atoms with E-state index in [0.717, 1.165) is 15.6 Å². The maximum absolute atomic E-state index is 11.3. The van der Waals surface area contributed by atoms with Gasteiger partial charge in [-0.05, 0) is 32.9 Å². The molecule has 0 aliphatic heterocycles. The SMILES string of the molecule is CC(=O)c1ccc(NCc2nc(C)c(C)s2)c([N+](=O)[O-])c1. The lowest BCUT2D eigenvalue weighted by molar-refractivity contribution is -0.384. The van der Waals surface area contributed by atoms with Crippen molar-refractivity contribution in [2.45, 2.75) is 27.3 Å². The number of carbonyl (C=O) groups excluding carboxylic acids is 1. The maximum Gasteiger partial charge on any atom is 0.293 e. The molecule has 110 valence electrons. The zero-order valence-corrected chi connectivity index (χ0v) is 12.8. The van der Waals surface area contributed by atoms with Crippen LogP contribution in [0.3, 0.4) is 0 Å². The smallest absolute Gasteiger partial charge is 0.293 e. The number of carbonyl (C=O) groups is 1. The molecule has 0 bridgehead atoms. The minimum Gasteiger partial charge on any atom is -0.373 e. The molecule has 0 amide bonds. The van der Waals surface area contributed by atoms with E-state index in [1.807, 2.05) is 13.8 Å². The lowest BCUT2D eigenvalue weighted by Crippen LogP contribution is -2.04. The number of Topliss-reactive ketones (excluding diaryl/α,β-unsaturated/α-hetero) is 1. The topological polar surface area (TPSA) is 85.1 Å². The van der Waals surface area contributed by atoms with Crippen LogP contribution >= 0.6 is 11.3 Å². The Balaban J connectivity index is 2.23. The van der Waals surface area contributed by atoms with Gasteiger partial charge < -0.3 is 5.32 Å². The highest BCUT2D eigenvalue weighted by Gasteiger charge is 2.16. The van der Waals surface area contributed by atoms with Gasteiger partial charge in [0.1, 0.15) is 10.7 Å². The van der Waals surface area contributed by atoms with Gasteiger partial charge in [0, 0.05) is 16.5 Å². The zero-order chi connectivity index (χ0) is 15.6. The van der Waals surface area contributed by atoms with Crippen LogP contribution in [0.5, 0.6) is 0 Å². The number of nitrogens with zero attached hydrogens (tertiary/aromatic N) is 2. The first-order valence-electron chi connectivity index (χ1n) is 6.34. The fourth-order valence-corrected chi connectivity index (χ4v) is 2.71. The van der Waals surface area contributed by atoms with Gasteiger partial charge in [-0.3, -0.25) is 14.9 Å². The van der Waals surface area contributed by atoms with Gasteiger partial charge in [-0.2, -0.15) is 0 Å². The van der Waals surface area contributed by atoms with Gasteiger partial charge in [0.15, 0.2) is 5.78 Å². The third-order valence-electron chi connectivity index (χ3n) is 3.10. The average Bonchev–Trinajstić information content (AvgIpc) is 2.75. The number of hydrogen-bond acceptors (Lipinski definition) is 6. The Kier molecular flexibility index (Phi) is 4.32. The van der Waals surface area contributed by atoms with Gasteiger partial charge in [0.2, 0.25) is 0 Å². The molecular weight excluding hydrogens is 290 g/mol. The summed E-state index contributed by atoms with van der Waals surface area (Å²) < 4.78 is 0. The van der Waals surface area contributed by atoms with Gasteiger partial charge in [-0.1, -0.05) is 0 Å². The number of rotatable bonds is 5. The molecule has 0 aliphatic carbocycles. The quantitative estimate of drug-likeness (QED) is 0.519. The van der Waals surface area contributed by atoms with Crippen molar-refractivity contribution in [2.24, 2.45) is 0 Å². The van der Waals surface area contributed by atoms with Crippen LogP contribution in [-0.4, -0.2) is 15.7 Å². The summed E-state index contributed by atoms with van der Waals surface area (Å²) >= 11 is 1.56. The van der Waals surface area contributed by atoms with Crippen molar-refractivity contribution in [3.8, 4) is 0 Å². The summed E-state index contributed by atoms with van der Waals surface area (Å²) in [5.41, 5.74) is 1.58. The van der Waals surface area contributed by atoms with E-state index in [1.54, 1.807) is 23.5 Å². The summed E-state index contributed by atoms with van der Waals surface area (Å²) in [7, 11) is 0. The third-order valence-corrected chi connectivity index (χ3v) is 4.18. The molecule has 0 aliphatic rings. The maximum atomic E-state index is 11.3. The third kappa shape index (κ3) is 3.43. The molecule has 2 aromatic rings. The number of hydrogen-bond donors (Lipinski definition) is 1. The number of ketones is 1. The van der Waals surface area contributed by atoms with Gasteiger partial charge in [-0.15, -0.1) is 11.3 Å². The monoisotopic (exact) mass is 305 g/mol. The molecule has 21 heavy (non-hydrogen) atoms. The zero-order valence-electron chi connectivity index (χ0n) is 12.0. The number of nitro groups is 1. The van der Waals surface area contributed by atoms with Gasteiger partial charge in [0.25, 0.3) is 5.69 Å². The van der Waals surface area contributed by atoms with Gasteiger partial charge in [-0.25, -0.2) is 4.98 Å². The average molecular weight is 305 g/mol. The molecule has 2 rings (SSSR count). The van der Waals surface area contributed by atoms with Gasteiger partial charge in [0.05, 0.1) is 17.2 Å². The first-order valence-corrected chi connectivity index (χ1v) is 7.16. The first kappa shape index (κ1) is 15.1.